The Morgan fingerprint density at radius 1 is 1.09 bits per heavy atom. The van der Waals surface area contributed by atoms with Crippen LogP contribution in [0.3, 0.4) is 0 Å². The van der Waals surface area contributed by atoms with Crippen molar-refractivity contribution in [2.45, 2.75) is 51.6 Å². The summed E-state index contributed by atoms with van der Waals surface area (Å²) in [6.07, 6.45) is 6.64. The van der Waals surface area contributed by atoms with Gasteiger partial charge >= 0.3 is 0 Å². The Balaban J connectivity index is 1.52. The normalized spacial score (nSPS) is 17.2. The van der Waals surface area contributed by atoms with E-state index in [1.807, 2.05) is 0 Å². The largest absolute Gasteiger partial charge is 0.350 e. The van der Waals surface area contributed by atoms with Crippen LogP contribution in [0.15, 0.2) is 4.79 Å². The average molecular weight is 314 g/mol. The number of hydrogen-bond acceptors (Lipinski definition) is 5. The van der Waals surface area contributed by atoms with E-state index in [-0.39, 0.29) is 5.56 Å². The van der Waals surface area contributed by atoms with Gasteiger partial charge in [0.15, 0.2) is 0 Å². The lowest BCUT2D eigenvalue weighted by molar-refractivity contribution is 0.619. The fourth-order valence-corrected chi connectivity index (χ4v) is 3.49. The molecule has 0 atom stereocenters. The Morgan fingerprint density at radius 3 is 2.96 bits per heavy atom. The molecule has 0 fully saturated rings. The molecule has 2 aromatic rings. The molecular weight excluding hydrogens is 292 g/mol. The number of H-pyrrole nitrogens is 2. The van der Waals surface area contributed by atoms with E-state index < -0.39 is 0 Å². The summed E-state index contributed by atoms with van der Waals surface area (Å²) >= 11 is 0. The van der Waals surface area contributed by atoms with E-state index >= 15 is 0 Å². The van der Waals surface area contributed by atoms with Crippen LogP contribution in [0.1, 0.15) is 47.5 Å². The standard InChI is InChI=1S/C16H22N6O/c23-15-11-6-7-17-8-13(11)19-16(20-15)18-9-14-10-4-2-1-3-5-12(10)21-22-14/h17H,1-9H2,(H,21,22)(H2,18,19,20,23). The molecule has 0 amide bonds. The summed E-state index contributed by atoms with van der Waals surface area (Å²) in [7, 11) is 0. The molecule has 4 rings (SSSR count). The van der Waals surface area contributed by atoms with Crippen molar-refractivity contribution in [2.75, 3.05) is 11.9 Å². The Hall–Kier alpha value is -2.15. The Labute approximate surface area is 134 Å². The van der Waals surface area contributed by atoms with Crippen molar-refractivity contribution in [1.82, 2.24) is 25.5 Å². The Morgan fingerprint density at radius 2 is 2.00 bits per heavy atom. The van der Waals surface area contributed by atoms with Crippen molar-refractivity contribution >= 4 is 5.95 Å². The monoisotopic (exact) mass is 314 g/mol. The van der Waals surface area contributed by atoms with Crippen LogP contribution in [-0.4, -0.2) is 26.7 Å². The number of hydrogen-bond donors (Lipinski definition) is 4. The first-order valence-corrected chi connectivity index (χ1v) is 8.43. The summed E-state index contributed by atoms with van der Waals surface area (Å²) in [6, 6.07) is 0. The SMILES string of the molecule is O=c1[nH]c(NCc2n[nH]c3c2CCCCC3)nc2c1CCNC2. The summed E-state index contributed by atoms with van der Waals surface area (Å²) in [5.74, 6) is 0.530. The molecule has 2 aromatic heterocycles. The molecule has 1 aliphatic carbocycles. The van der Waals surface area contributed by atoms with Gasteiger partial charge in [-0.05, 0) is 44.2 Å². The maximum Gasteiger partial charge on any atom is 0.255 e. The molecule has 1 aliphatic heterocycles. The van der Waals surface area contributed by atoms with E-state index in [0.29, 0.717) is 19.0 Å². The first-order valence-electron chi connectivity index (χ1n) is 8.43. The molecule has 2 aliphatic rings. The molecule has 0 aromatic carbocycles. The predicted molar refractivity (Wildman–Crippen MR) is 87.4 cm³/mol. The molecule has 122 valence electrons. The van der Waals surface area contributed by atoms with E-state index in [2.05, 4.69) is 30.8 Å². The highest BCUT2D eigenvalue weighted by molar-refractivity contribution is 5.34. The molecular formula is C16H22N6O. The van der Waals surface area contributed by atoms with E-state index in [1.54, 1.807) is 0 Å². The molecule has 0 spiro atoms. The lowest BCUT2D eigenvalue weighted by Gasteiger charge is -2.16. The van der Waals surface area contributed by atoms with Crippen LogP contribution in [-0.2, 0) is 32.4 Å². The second-order valence-electron chi connectivity index (χ2n) is 6.31. The van der Waals surface area contributed by atoms with Crippen LogP contribution in [0.4, 0.5) is 5.95 Å². The van der Waals surface area contributed by atoms with Gasteiger partial charge in [-0.1, -0.05) is 6.42 Å². The third-order valence-corrected chi connectivity index (χ3v) is 4.76. The van der Waals surface area contributed by atoms with Crippen molar-refractivity contribution in [3.05, 3.63) is 38.6 Å². The van der Waals surface area contributed by atoms with Crippen molar-refractivity contribution < 1.29 is 0 Å². The summed E-state index contributed by atoms with van der Waals surface area (Å²) in [6.45, 7) is 2.08. The van der Waals surface area contributed by atoms with Gasteiger partial charge in [-0.3, -0.25) is 14.9 Å². The minimum Gasteiger partial charge on any atom is -0.350 e. The van der Waals surface area contributed by atoms with E-state index in [1.165, 1.54) is 30.5 Å². The number of fused-ring (bicyclic) bond motifs is 2. The van der Waals surface area contributed by atoms with Gasteiger partial charge in [0.1, 0.15) is 0 Å². The van der Waals surface area contributed by atoms with Crippen LogP contribution < -0.4 is 16.2 Å². The second-order valence-corrected chi connectivity index (χ2v) is 6.31. The van der Waals surface area contributed by atoms with Crippen molar-refractivity contribution in [1.29, 1.82) is 0 Å². The zero-order chi connectivity index (χ0) is 15.6. The zero-order valence-electron chi connectivity index (χ0n) is 13.2. The van der Waals surface area contributed by atoms with Crippen molar-refractivity contribution in [3.63, 3.8) is 0 Å². The highest BCUT2D eigenvalue weighted by Gasteiger charge is 2.17. The maximum absolute atomic E-state index is 12.1. The van der Waals surface area contributed by atoms with Crippen LogP contribution in [0, 0.1) is 0 Å². The van der Waals surface area contributed by atoms with Crippen molar-refractivity contribution in [2.24, 2.45) is 0 Å². The minimum absolute atomic E-state index is 0.0279. The summed E-state index contributed by atoms with van der Waals surface area (Å²) < 4.78 is 0. The number of nitrogens with one attached hydrogen (secondary N) is 4. The van der Waals surface area contributed by atoms with Gasteiger partial charge in [0.25, 0.3) is 5.56 Å². The van der Waals surface area contributed by atoms with Crippen LogP contribution >= 0.6 is 0 Å². The van der Waals surface area contributed by atoms with Gasteiger partial charge in [-0.25, -0.2) is 4.98 Å². The number of aromatic nitrogens is 4. The van der Waals surface area contributed by atoms with Gasteiger partial charge in [0.05, 0.1) is 17.9 Å². The molecule has 7 heteroatoms. The van der Waals surface area contributed by atoms with Gasteiger partial charge < -0.3 is 10.6 Å². The van der Waals surface area contributed by atoms with Crippen LogP contribution in [0.2, 0.25) is 0 Å². The number of rotatable bonds is 3. The number of nitrogens with zero attached hydrogens (tertiary/aromatic N) is 2. The van der Waals surface area contributed by atoms with E-state index in [4.69, 9.17) is 0 Å². The molecule has 0 saturated heterocycles. The molecule has 0 saturated carbocycles. The lowest BCUT2D eigenvalue weighted by Crippen LogP contribution is -2.31. The molecule has 3 heterocycles. The van der Waals surface area contributed by atoms with Gasteiger partial charge in [0.2, 0.25) is 5.95 Å². The van der Waals surface area contributed by atoms with Crippen LogP contribution in [0.5, 0.6) is 0 Å². The van der Waals surface area contributed by atoms with Gasteiger partial charge in [-0.2, -0.15) is 5.10 Å². The maximum atomic E-state index is 12.1. The van der Waals surface area contributed by atoms with Crippen molar-refractivity contribution in [3.8, 4) is 0 Å². The van der Waals surface area contributed by atoms with Crippen LogP contribution in [0.25, 0.3) is 0 Å². The molecule has 23 heavy (non-hydrogen) atoms. The van der Waals surface area contributed by atoms with E-state index in [0.717, 1.165) is 42.8 Å². The average Bonchev–Trinajstić information content (AvgIpc) is 2.79. The highest BCUT2D eigenvalue weighted by Crippen LogP contribution is 2.22. The first kappa shape index (κ1) is 14.4. The zero-order valence-corrected chi connectivity index (χ0v) is 13.2. The fraction of sp³-hybridized carbons (Fsp3) is 0.562. The van der Waals surface area contributed by atoms with E-state index in [9.17, 15) is 4.79 Å². The topological polar surface area (TPSA) is 98.5 Å². The summed E-state index contributed by atoms with van der Waals surface area (Å²) in [4.78, 5) is 19.5. The molecule has 0 bridgehead atoms. The lowest BCUT2D eigenvalue weighted by atomic mass is 10.1. The number of anilines is 1. The summed E-state index contributed by atoms with van der Waals surface area (Å²) in [5.41, 5.74) is 5.29. The second kappa shape index (κ2) is 6.16. The third kappa shape index (κ3) is 2.88. The minimum atomic E-state index is -0.0279. The number of aryl methyl sites for hydroxylation is 1. The molecule has 0 radical (unpaired) electrons. The first-order chi connectivity index (χ1) is 11.3. The molecule has 0 unspecified atom stereocenters. The Kier molecular flexibility index (Phi) is 3.87. The smallest absolute Gasteiger partial charge is 0.255 e. The molecule has 7 nitrogen and oxygen atoms in total. The predicted octanol–water partition coefficient (Wildman–Crippen LogP) is 1.02. The molecule has 4 N–H and O–H groups in total. The quantitative estimate of drug-likeness (QED) is 0.634. The highest BCUT2D eigenvalue weighted by atomic mass is 16.1. The third-order valence-electron chi connectivity index (χ3n) is 4.76. The van der Waals surface area contributed by atoms with Gasteiger partial charge in [0, 0.05) is 17.8 Å². The number of aromatic amines is 2. The Bertz CT molecular complexity index is 762. The fourth-order valence-electron chi connectivity index (χ4n) is 3.49. The van der Waals surface area contributed by atoms with Gasteiger partial charge in [-0.15, -0.1) is 0 Å². The summed E-state index contributed by atoms with van der Waals surface area (Å²) in [5, 5.41) is 14.1.